The highest BCUT2D eigenvalue weighted by Crippen LogP contribution is 2.56. The fourth-order valence-electron chi connectivity index (χ4n) is 4.85. The average Bonchev–Trinajstić information content (AvgIpc) is 3.29. The molecule has 0 saturated heterocycles. The Hall–Kier alpha value is -2.08. The molecular weight excluding hydrogens is 334 g/mol. The number of aromatic hydroxyl groups is 1. The molecule has 2 saturated carbocycles. The largest absolute Gasteiger partial charge is 0.504 e. The summed E-state index contributed by atoms with van der Waals surface area (Å²) in [5, 5.41) is 17.8. The number of hydrazone groups is 1. The van der Waals surface area contributed by atoms with Gasteiger partial charge in [0, 0.05) is 6.04 Å². The van der Waals surface area contributed by atoms with Gasteiger partial charge >= 0.3 is 0 Å². The van der Waals surface area contributed by atoms with Crippen LogP contribution in [0.1, 0.15) is 24.8 Å². The summed E-state index contributed by atoms with van der Waals surface area (Å²) in [6.07, 6.45) is 10.2. The second-order valence-corrected chi connectivity index (χ2v) is 7.59. The first-order chi connectivity index (χ1) is 12.2. The van der Waals surface area contributed by atoms with Crippen LogP contribution < -0.4 is 15.5 Å². The number of nitrogens with one attached hydrogen (secondary N) is 2. The minimum atomic E-state index is 0.111. The second kappa shape index (κ2) is 6.67. The van der Waals surface area contributed by atoms with Gasteiger partial charge in [-0.3, -0.25) is 5.43 Å². The van der Waals surface area contributed by atoms with E-state index in [1.54, 1.807) is 24.4 Å². The minimum absolute atomic E-state index is 0.111. The lowest BCUT2D eigenvalue weighted by molar-refractivity contribution is 0.246. The Labute approximate surface area is 153 Å². The van der Waals surface area contributed by atoms with Crippen molar-refractivity contribution in [3.63, 3.8) is 0 Å². The van der Waals surface area contributed by atoms with Gasteiger partial charge in [0.1, 0.15) is 0 Å². The molecule has 5 atom stereocenters. The highest BCUT2D eigenvalue weighted by Gasteiger charge is 2.52. The zero-order valence-corrected chi connectivity index (χ0v) is 15.0. The molecular formula is C19H23N3O2S. The molecule has 5 nitrogen and oxygen atoms in total. The predicted octanol–water partition coefficient (Wildman–Crippen LogP) is 2.80. The summed E-state index contributed by atoms with van der Waals surface area (Å²) in [5.41, 5.74) is 3.72. The van der Waals surface area contributed by atoms with E-state index < -0.39 is 0 Å². The molecule has 2 fully saturated rings. The maximum absolute atomic E-state index is 9.60. The van der Waals surface area contributed by atoms with Crippen LogP contribution >= 0.6 is 12.2 Å². The molecule has 1 aromatic carbocycles. The first-order valence-corrected chi connectivity index (χ1v) is 9.20. The van der Waals surface area contributed by atoms with Crippen molar-refractivity contribution in [3.05, 3.63) is 35.9 Å². The van der Waals surface area contributed by atoms with Gasteiger partial charge in [0.15, 0.2) is 16.6 Å². The van der Waals surface area contributed by atoms with E-state index in [0.717, 1.165) is 23.3 Å². The second-order valence-electron chi connectivity index (χ2n) is 7.18. The van der Waals surface area contributed by atoms with Crippen LogP contribution in [0.2, 0.25) is 0 Å². The smallest absolute Gasteiger partial charge is 0.187 e. The van der Waals surface area contributed by atoms with Crippen molar-refractivity contribution in [2.24, 2.45) is 28.8 Å². The van der Waals surface area contributed by atoms with Crippen LogP contribution in [0.15, 0.2) is 35.5 Å². The summed E-state index contributed by atoms with van der Waals surface area (Å²) >= 11 is 5.39. The summed E-state index contributed by atoms with van der Waals surface area (Å²) in [7, 11) is 1.52. The number of phenols is 1. The molecule has 1 aromatic rings. The average molecular weight is 357 g/mol. The van der Waals surface area contributed by atoms with Gasteiger partial charge in [0.25, 0.3) is 0 Å². The molecule has 0 aromatic heterocycles. The highest BCUT2D eigenvalue weighted by atomic mass is 32.1. The van der Waals surface area contributed by atoms with Crippen LogP contribution in [0.3, 0.4) is 0 Å². The topological polar surface area (TPSA) is 65.9 Å². The van der Waals surface area contributed by atoms with E-state index in [2.05, 4.69) is 28.0 Å². The van der Waals surface area contributed by atoms with Crippen LogP contribution in [0, 0.1) is 23.7 Å². The summed E-state index contributed by atoms with van der Waals surface area (Å²) in [5.74, 6) is 3.71. The molecule has 0 radical (unpaired) electrons. The summed E-state index contributed by atoms with van der Waals surface area (Å²) in [6, 6.07) is 5.52. The standard InChI is InChI=1S/C19H23N3O2S/c1-24-18-7-11(5-6-17(18)23)10-20-22-19(25)21-16-9-12-8-15(16)14-4-2-3-13(12)14/h2,4-7,10,12-16,23H,3,8-9H2,1H3,(H2,21,22,25)/b20-10-/t12-,13-,14+,15-,16+/m1/s1. The van der Waals surface area contributed by atoms with Gasteiger partial charge in [0.05, 0.1) is 13.3 Å². The Balaban J connectivity index is 1.30. The van der Waals surface area contributed by atoms with E-state index in [-0.39, 0.29) is 5.75 Å². The number of thiocarbonyl (C=S) groups is 1. The van der Waals surface area contributed by atoms with Crippen molar-refractivity contribution in [1.82, 2.24) is 10.7 Å². The van der Waals surface area contributed by atoms with Crippen LogP contribution in [0.5, 0.6) is 11.5 Å². The molecule has 0 heterocycles. The van der Waals surface area contributed by atoms with Gasteiger partial charge < -0.3 is 15.2 Å². The number of allylic oxidation sites excluding steroid dienone is 2. The maximum atomic E-state index is 9.60. The first-order valence-electron chi connectivity index (χ1n) is 8.79. The number of nitrogens with zero attached hydrogens (tertiary/aromatic N) is 1. The zero-order valence-electron chi connectivity index (χ0n) is 14.2. The molecule has 0 spiro atoms. The molecule has 132 valence electrons. The van der Waals surface area contributed by atoms with E-state index in [1.165, 1.54) is 26.4 Å². The third-order valence-corrected chi connectivity index (χ3v) is 6.12. The summed E-state index contributed by atoms with van der Waals surface area (Å²) in [6.45, 7) is 0. The SMILES string of the molecule is COc1cc(/C=N\NC(=S)N[C@H]2C[C@H]3C[C@@H]2[C@H]2C=CC[C@H]32)ccc1O. The number of hydrogen-bond donors (Lipinski definition) is 3. The quantitative estimate of drug-likeness (QED) is 0.335. The van der Waals surface area contributed by atoms with Gasteiger partial charge in [-0.05, 0) is 78.9 Å². The molecule has 3 aliphatic carbocycles. The molecule has 6 heteroatoms. The molecule has 2 bridgehead atoms. The lowest BCUT2D eigenvalue weighted by Crippen LogP contribution is -2.45. The Morgan fingerprint density at radius 3 is 3.08 bits per heavy atom. The van der Waals surface area contributed by atoms with Gasteiger partial charge in [-0.2, -0.15) is 5.10 Å². The number of methoxy groups -OCH3 is 1. The summed E-state index contributed by atoms with van der Waals surface area (Å²) < 4.78 is 5.09. The maximum Gasteiger partial charge on any atom is 0.187 e. The highest BCUT2D eigenvalue weighted by molar-refractivity contribution is 7.80. The van der Waals surface area contributed by atoms with E-state index in [0.29, 0.717) is 22.8 Å². The monoisotopic (exact) mass is 357 g/mol. The fraction of sp³-hybridized carbons (Fsp3) is 0.474. The number of rotatable bonds is 4. The van der Waals surface area contributed by atoms with E-state index >= 15 is 0 Å². The normalized spacial score (nSPS) is 32.1. The molecule has 25 heavy (non-hydrogen) atoms. The Morgan fingerprint density at radius 1 is 1.36 bits per heavy atom. The third-order valence-electron chi connectivity index (χ3n) is 5.91. The van der Waals surface area contributed by atoms with Gasteiger partial charge in [-0.15, -0.1) is 0 Å². The van der Waals surface area contributed by atoms with Crippen molar-refractivity contribution >= 4 is 23.5 Å². The van der Waals surface area contributed by atoms with E-state index in [4.69, 9.17) is 17.0 Å². The fourth-order valence-corrected chi connectivity index (χ4v) is 5.06. The van der Waals surface area contributed by atoms with E-state index in [1.807, 2.05) is 0 Å². The van der Waals surface area contributed by atoms with Crippen LogP contribution in [0.25, 0.3) is 0 Å². The predicted molar refractivity (Wildman–Crippen MR) is 102 cm³/mol. The number of fused-ring (bicyclic) bond motifs is 5. The third kappa shape index (κ3) is 3.11. The Bertz CT molecular complexity index is 733. The first kappa shape index (κ1) is 16.4. The Morgan fingerprint density at radius 2 is 2.24 bits per heavy atom. The van der Waals surface area contributed by atoms with Crippen LogP contribution in [-0.4, -0.2) is 29.6 Å². The molecule has 3 aliphatic rings. The number of ether oxygens (including phenoxy) is 1. The number of phenolic OH excluding ortho intramolecular Hbond substituents is 1. The molecule has 3 N–H and O–H groups in total. The summed E-state index contributed by atoms with van der Waals surface area (Å²) in [4.78, 5) is 0. The molecule has 0 aliphatic heterocycles. The van der Waals surface area contributed by atoms with E-state index in [9.17, 15) is 5.11 Å². The zero-order chi connectivity index (χ0) is 17.4. The van der Waals surface area contributed by atoms with Crippen LogP contribution in [-0.2, 0) is 0 Å². The van der Waals surface area contributed by atoms with Crippen LogP contribution in [0.4, 0.5) is 0 Å². The van der Waals surface area contributed by atoms with Crippen molar-refractivity contribution in [2.45, 2.75) is 25.3 Å². The molecule has 4 rings (SSSR count). The lowest BCUT2D eigenvalue weighted by Gasteiger charge is -2.32. The minimum Gasteiger partial charge on any atom is -0.504 e. The van der Waals surface area contributed by atoms with Crippen molar-refractivity contribution in [3.8, 4) is 11.5 Å². The number of hydrogen-bond acceptors (Lipinski definition) is 4. The number of benzene rings is 1. The molecule has 0 amide bonds. The van der Waals surface area contributed by atoms with Crippen molar-refractivity contribution < 1.29 is 9.84 Å². The Kier molecular flexibility index (Phi) is 4.37. The lowest BCUT2D eigenvalue weighted by atomic mass is 9.79. The van der Waals surface area contributed by atoms with Gasteiger partial charge in [0.2, 0.25) is 0 Å². The molecule has 0 unspecified atom stereocenters. The van der Waals surface area contributed by atoms with Gasteiger partial charge in [-0.25, -0.2) is 0 Å². The van der Waals surface area contributed by atoms with Crippen molar-refractivity contribution in [2.75, 3.05) is 7.11 Å². The van der Waals surface area contributed by atoms with Gasteiger partial charge in [-0.1, -0.05) is 12.2 Å². The van der Waals surface area contributed by atoms with Crippen molar-refractivity contribution in [1.29, 1.82) is 0 Å².